The lowest BCUT2D eigenvalue weighted by atomic mass is 10.0. The number of aryl methyl sites for hydroxylation is 1. The normalized spacial score (nSPS) is 9.91. The van der Waals surface area contributed by atoms with Gasteiger partial charge in [0.15, 0.2) is 0 Å². The minimum Gasteiger partial charge on any atom is -0.143 e. The molecule has 0 nitrogen and oxygen atoms in total. The van der Waals surface area contributed by atoms with Gasteiger partial charge in [-0.2, -0.15) is 0 Å². The zero-order chi connectivity index (χ0) is 15.9. The molecule has 0 atom stereocenters. The molecule has 0 aliphatic rings. The third-order valence-corrected chi connectivity index (χ3v) is 3.97. The van der Waals surface area contributed by atoms with Crippen LogP contribution in [-0.2, 0) is 6.42 Å². The predicted octanol–water partition coefficient (Wildman–Crippen LogP) is 6.96. The minimum absolute atomic E-state index is 1.02. The zero-order valence-corrected chi connectivity index (χ0v) is 14.8. The molecule has 0 amide bonds. The maximum Gasteiger partial charge on any atom is 0.00399 e. The van der Waals surface area contributed by atoms with Crippen molar-refractivity contribution in [2.24, 2.45) is 0 Å². The molecular weight excluding hydrogens is 284 g/mol. The molecule has 0 aliphatic carbocycles. The van der Waals surface area contributed by atoms with E-state index < -0.39 is 0 Å². The van der Waals surface area contributed by atoms with Crippen LogP contribution in [0.3, 0.4) is 0 Å². The Morgan fingerprint density at radius 3 is 1.64 bits per heavy atom. The molecule has 120 valence electrons. The second kappa shape index (κ2) is 13.5. The molecule has 0 N–H and O–H groups in total. The largest absolute Gasteiger partial charge is 0.143 e. The summed E-state index contributed by atoms with van der Waals surface area (Å²) in [5.41, 5.74) is 1.49. The summed E-state index contributed by atoms with van der Waals surface area (Å²) >= 11 is 4.08. The first-order valence-corrected chi connectivity index (χ1v) is 9.05. The summed E-state index contributed by atoms with van der Waals surface area (Å²) < 4.78 is 0. The van der Waals surface area contributed by atoms with Gasteiger partial charge in [0.25, 0.3) is 0 Å². The van der Waals surface area contributed by atoms with Gasteiger partial charge in [0.1, 0.15) is 0 Å². The number of rotatable bonds is 8. The van der Waals surface area contributed by atoms with E-state index >= 15 is 0 Å². The fraction of sp³-hybridized carbons (Fsp3) is 0.429. The van der Waals surface area contributed by atoms with Crippen LogP contribution in [0.4, 0.5) is 0 Å². The summed E-state index contributed by atoms with van der Waals surface area (Å²) in [6.07, 6.45) is 11.1. The maximum absolute atomic E-state index is 4.08. The molecule has 22 heavy (non-hydrogen) atoms. The van der Waals surface area contributed by atoms with E-state index in [-0.39, 0.29) is 0 Å². The second-order valence-electron chi connectivity index (χ2n) is 5.69. The first-order valence-electron chi connectivity index (χ1n) is 8.61. The Hall–Kier alpha value is -1.21. The van der Waals surface area contributed by atoms with E-state index in [0.717, 1.165) is 4.90 Å². The van der Waals surface area contributed by atoms with Gasteiger partial charge in [-0.05, 0) is 30.5 Å². The van der Waals surface area contributed by atoms with Gasteiger partial charge in [-0.25, -0.2) is 0 Å². The van der Waals surface area contributed by atoms with Crippen LogP contribution in [0.5, 0.6) is 0 Å². The van der Waals surface area contributed by atoms with Gasteiger partial charge in [-0.15, -0.1) is 12.6 Å². The van der Waals surface area contributed by atoms with Crippen molar-refractivity contribution in [3.63, 3.8) is 0 Å². The Morgan fingerprint density at radius 2 is 1.14 bits per heavy atom. The highest BCUT2D eigenvalue weighted by Gasteiger charge is 1.93. The van der Waals surface area contributed by atoms with E-state index in [1.165, 1.54) is 56.9 Å². The SMILES string of the molecule is CCCCCCCCCc1ccccc1.Sc1ccccc1. The van der Waals surface area contributed by atoms with E-state index in [1.807, 2.05) is 30.3 Å². The van der Waals surface area contributed by atoms with Gasteiger partial charge in [-0.1, -0.05) is 94.0 Å². The molecule has 0 unspecified atom stereocenters. The number of thiol groups is 1. The molecule has 0 saturated heterocycles. The van der Waals surface area contributed by atoms with Gasteiger partial charge in [-0.3, -0.25) is 0 Å². The van der Waals surface area contributed by atoms with Crippen molar-refractivity contribution in [2.45, 2.75) is 63.2 Å². The van der Waals surface area contributed by atoms with Crippen LogP contribution in [0.2, 0.25) is 0 Å². The average molecular weight is 315 g/mol. The minimum atomic E-state index is 1.02. The third-order valence-electron chi connectivity index (χ3n) is 3.67. The van der Waals surface area contributed by atoms with E-state index in [2.05, 4.69) is 49.9 Å². The number of hydrogen-bond acceptors (Lipinski definition) is 1. The maximum atomic E-state index is 4.08. The Labute approximate surface area is 142 Å². The third kappa shape index (κ3) is 10.5. The van der Waals surface area contributed by atoms with E-state index in [4.69, 9.17) is 0 Å². The van der Waals surface area contributed by atoms with Crippen LogP contribution >= 0.6 is 12.6 Å². The summed E-state index contributed by atoms with van der Waals surface area (Å²) in [6, 6.07) is 20.6. The second-order valence-corrected chi connectivity index (χ2v) is 6.21. The molecule has 1 heteroatoms. The highest BCUT2D eigenvalue weighted by atomic mass is 32.1. The van der Waals surface area contributed by atoms with E-state index in [9.17, 15) is 0 Å². The van der Waals surface area contributed by atoms with E-state index in [0.29, 0.717) is 0 Å². The summed E-state index contributed by atoms with van der Waals surface area (Å²) in [6.45, 7) is 2.27. The van der Waals surface area contributed by atoms with Gasteiger partial charge in [0, 0.05) is 4.90 Å². The van der Waals surface area contributed by atoms with Gasteiger partial charge >= 0.3 is 0 Å². The van der Waals surface area contributed by atoms with Crippen molar-refractivity contribution in [3.05, 3.63) is 66.2 Å². The lowest BCUT2D eigenvalue weighted by Crippen LogP contribution is -1.85. The fourth-order valence-corrected chi connectivity index (χ4v) is 2.53. The Kier molecular flexibility index (Phi) is 11.5. The number of unbranched alkanes of at least 4 members (excludes halogenated alkanes) is 6. The van der Waals surface area contributed by atoms with Crippen LogP contribution in [0, 0.1) is 0 Å². The molecule has 0 aliphatic heterocycles. The van der Waals surface area contributed by atoms with Gasteiger partial charge in [0.05, 0.1) is 0 Å². The number of hydrogen-bond donors (Lipinski definition) is 1. The standard InChI is InChI=1S/C15H24.C6H6S/c1-2-3-4-5-6-7-9-12-15-13-10-8-11-14-15;7-6-4-2-1-3-5-6/h8,10-11,13-14H,2-7,9,12H2,1H3;1-5,7H. The molecule has 0 bridgehead atoms. The monoisotopic (exact) mass is 314 g/mol. The lowest BCUT2D eigenvalue weighted by molar-refractivity contribution is 0.589. The Balaban J connectivity index is 0.000000287. The fourth-order valence-electron chi connectivity index (χ4n) is 2.36. The molecule has 0 saturated carbocycles. The average Bonchev–Trinajstić information content (AvgIpc) is 2.56. The zero-order valence-electron chi connectivity index (χ0n) is 13.9. The lowest BCUT2D eigenvalue weighted by Gasteiger charge is -2.01. The molecule has 0 fully saturated rings. The smallest absolute Gasteiger partial charge is 0.00399 e. The quantitative estimate of drug-likeness (QED) is 0.395. The molecule has 2 rings (SSSR count). The summed E-state index contributed by atoms with van der Waals surface area (Å²) in [7, 11) is 0. The van der Waals surface area contributed by atoms with Crippen molar-refractivity contribution >= 4 is 12.6 Å². The molecule has 0 radical (unpaired) electrons. The topological polar surface area (TPSA) is 0 Å². The van der Waals surface area contributed by atoms with Gasteiger partial charge < -0.3 is 0 Å². The van der Waals surface area contributed by atoms with E-state index in [1.54, 1.807) is 0 Å². The molecule has 2 aromatic rings. The first-order chi connectivity index (χ1) is 10.8. The molecule has 2 aromatic carbocycles. The van der Waals surface area contributed by atoms with Crippen molar-refractivity contribution in [3.8, 4) is 0 Å². The molecular formula is C21H30S. The first kappa shape index (κ1) is 18.8. The van der Waals surface area contributed by atoms with Crippen LogP contribution in [0.25, 0.3) is 0 Å². The highest BCUT2D eigenvalue weighted by molar-refractivity contribution is 7.80. The highest BCUT2D eigenvalue weighted by Crippen LogP contribution is 2.10. The summed E-state index contributed by atoms with van der Waals surface area (Å²) in [4.78, 5) is 1.02. The van der Waals surface area contributed by atoms with Crippen molar-refractivity contribution in [1.82, 2.24) is 0 Å². The number of benzene rings is 2. The van der Waals surface area contributed by atoms with Crippen LogP contribution in [0.1, 0.15) is 57.4 Å². The summed E-state index contributed by atoms with van der Waals surface area (Å²) in [5.74, 6) is 0. The Morgan fingerprint density at radius 1 is 0.636 bits per heavy atom. The van der Waals surface area contributed by atoms with Crippen LogP contribution in [-0.4, -0.2) is 0 Å². The van der Waals surface area contributed by atoms with Crippen molar-refractivity contribution in [2.75, 3.05) is 0 Å². The van der Waals surface area contributed by atoms with Crippen LogP contribution < -0.4 is 0 Å². The summed E-state index contributed by atoms with van der Waals surface area (Å²) in [5, 5.41) is 0. The van der Waals surface area contributed by atoms with Gasteiger partial charge in [0.2, 0.25) is 0 Å². The predicted molar refractivity (Wildman–Crippen MR) is 102 cm³/mol. The van der Waals surface area contributed by atoms with Crippen LogP contribution in [0.15, 0.2) is 65.6 Å². The Bertz CT molecular complexity index is 450. The van der Waals surface area contributed by atoms with Crippen molar-refractivity contribution < 1.29 is 0 Å². The molecule has 0 heterocycles. The molecule has 0 spiro atoms. The molecule has 0 aromatic heterocycles. The van der Waals surface area contributed by atoms with Crippen molar-refractivity contribution in [1.29, 1.82) is 0 Å².